The first-order chi connectivity index (χ1) is 6.18. The summed E-state index contributed by atoms with van der Waals surface area (Å²) in [6.45, 7) is 4.29. The van der Waals surface area contributed by atoms with E-state index in [0.29, 0.717) is 11.7 Å². The van der Waals surface area contributed by atoms with Gasteiger partial charge in [0.2, 0.25) is 0 Å². The average Bonchev–Trinajstić information content (AvgIpc) is 2.47. The first-order valence-corrected chi connectivity index (χ1v) is 4.33. The highest BCUT2D eigenvalue weighted by Gasteiger charge is 2.06. The molecule has 0 atom stereocenters. The van der Waals surface area contributed by atoms with Crippen LogP contribution in [0.5, 0.6) is 0 Å². The zero-order chi connectivity index (χ0) is 9.42. The summed E-state index contributed by atoms with van der Waals surface area (Å²) in [6, 6.07) is 5.98. The van der Waals surface area contributed by atoms with Gasteiger partial charge in [-0.3, -0.25) is 0 Å². The number of hydrogen-bond donors (Lipinski definition) is 1. The summed E-state index contributed by atoms with van der Waals surface area (Å²) in [6.07, 6.45) is 0. The molecule has 68 valence electrons. The van der Waals surface area contributed by atoms with Crippen LogP contribution >= 0.6 is 0 Å². The van der Waals surface area contributed by atoms with Crippen LogP contribution in [0.25, 0.3) is 11.0 Å². The van der Waals surface area contributed by atoms with Gasteiger partial charge in [0.1, 0.15) is 0 Å². The van der Waals surface area contributed by atoms with E-state index in [9.17, 15) is 0 Å². The molecule has 0 saturated heterocycles. The van der Waals surface area contributed by atoms with Gasteiger partial charge in [-0.15, -0.1) is 0 Å². The van der Waals surface area contributed by atoms with E-state index in [1.165, 1.54) is 5.56 Å². The molecule has 0 unspecified atom stereocenters. The molecule has 0 aliphatic carbocycles. The molecule has 1 aromatic carbocycles. The lowest BCUT2D eigenvalue weighted by atomic mass is 10.0. The molecule has 2 aromatic rings. The Kier molecular flexibility index (Phi) is 1.72. The fourth-order valence-electron chi connectivity index (χ4n) is 1.33. The predicted molar refractivity (Wildman–Crippen MR) is 52.5 cm³/mol. The van der Waals surface area contributed by atoms with Crippen molar-refractivity contribution < 1.29 is 4.52 Å². The van der Waals surface area contributed by atoms with Crippen molar-refractivity contribution in [2.45, 2.75) is 19.8 Å². The van der Waals surface area contributed by atoms with E-state index < -0.39 is 0 Å². The van der Waals surface area contributed by atoms with E-state index in [4.69, 9.17) is 10.3 Å². The molecule has 0 radical (unpaired) electrons. The Bertz CT molecular complexity index is 431. The molecule has 0 amide bonds. The predicted octanol–water partition coefficient (Wildman–Crippen LogP) is 2.53. The standard InChI is InChI=1S/C10H12N2O/c1-6(2)7-3-4-9-8(5-7)10(11)12-13-9/h3-6H,1-2H3,(H2,11,12). The smallest absolute Gasteiger partial charge is 0.174 e. The van der Waals surface area contributed by atoms with Crippen molar-refractivity contribution in [1.82, 2.24) is 5.16 Å². The molecule has 0 aliphatic heterocycles. The van der Waals surface area contributed by atoms with Crippen LogP contribution in [-0.4, -0.2) is 5.16 Å². The average molecular weight is 176 g/mol. The Morgan fingerprint density at radius 1 is 1.38 bits per heavy atom. The van der Waals surface area contributed by atoms with Crippen molar-refractivity contribution in [2.24, 2.45) is 0 Å². The lowest BCUT2D eigenvalue weighted by molar-refractivity contribution is 0.460. The third-order valence-corrected chi connectivity index (χ3v) is 2.19. The summed E-state index contributed by atoms with van der Waals surface area (Å²) < 4.78 is 5.01. The molecule has 3 nitrogen and oxygen atoms in total. The Hall–Kier alpha value is -1.51. The van der Waals surface area contributed by atoms with Gasteiger partial charge >= 0.3 is 0 Å². The maximum absolute atomic E-state index is 5.64. The maximum Gasteiger partial charge on any atom is 0.174 e. The van der Waals surface area contributed by atoms with Crippen molar-refractivity contribution in [2.75, 3.05) is 5.73 Å². The molecular formula is C10H12N2O. The minimum atomic E-state index is 0.470. The number of anilines is 1. The molecule has 1 heterocycles. The summed E-state index contributed by atoms with van der Waals surface area (Å²) in [7, 11) is 0. The van der Waals surface area contributed by atoms with Crippen LogP contribution in [0.2, 0.25) is 0 Å². The van der Waals surface area contributed by atoms with Gasteiger partial charge in [0.25, 0.3) is 0 Å². The quantitative estimate of drug-likeness (QED) is 0.726. The molecule has 0 aliphatic rings. The molecule has 13 heavy (non-hydrogen) atoms. The van der Waals surface area contributed by atoms with Gasteiger partial charge in [-0.2, -0.15) is 0 Å². The molecule has 2 rings (SSSR count). The number of nitrogens with two attached hydrogens (primary N) is 1. The van der Waals surface area contributed by atoms with E-state index in [0.717, 1.165) is 11.0 Å². The molecule has 0 saturated carbocycles. The van der Waals surface area contributed by atoms with Crippen LogP contribution in [0.1, 0.15) is 25.3 Å². The molecule has 0 fully saturated rings. The normalized spacial score (nSPS) is 11.3. The van der Waals surface area contributed by atoms with Crippen LogP contribution in [0.3, 0.4) is 0 Å². The second kappa shape index (κ2) is 2.76. The van der Waals surface area contributed by atoms with Gasteiger partial charge in [-0.05, 0) is 23.6 Å². The van der Waals surface area contributed by atoms with Crippen molar-refractivity contribution in [3.8, 4) is 0 Å². The number of benzene rings is 1. The van der Waals surface area contributed by atoms with Crippen LogP contribution in [0.4, 0.5) is 5.82 Å². The van der Waals surface area contributed by atoms with Crippen molar-refractivity contribution >= 4 is 16.8 Å². The number of hydrogen-bond acceptors (Lipinski definition) is 3. The van der Waals surface area contributed by atoms with E-state index in [1.807, 2.05) is 18.2 Å². The minimum Gasteiger partial charge on any atom is -0.380 e. The van der Waals surface area contributed by atoms with Gasteiger partial charge in [-0.25, -0.2) is 0 Å². The Balaban J connectivity index is 2.66. The SMILES string of the molecule is CC(C)c1ccc2onc(N)c2c1. The molecular weight excluding hydrogens is 164 g/mol. The van der Waals surface area contributed by atoms with E-state index in [-0.39, 0.29) is 0 Å². The summed E-state index contributed by atoms with van der Waals surface area (Å²) in [5, 5.41) is 4.61. The number of nitrogens with zero attached hydrogens (tertiary/aromatic N) is 1. The number of rotatable bonds is 1. The lowest BCUT2D eigenvalue weighted by Gasteiger charge is -2.03. The van der Waals surface area contributed by atoms with Crippen molar-refractivity contribution in [3.63, 3.8) is 0 Å². The van der Waals surface area contributed by atoms with Gasteiger partial charge in [0.05, 0.1) is 5.39 Å². The fraction of sp³-hybridized carbons (Fsp3) is 0.300. The van der Waals surface area contributed by atoms with Gasteiger partial charge in [0, 0.05) is 0 Å². The van der Waals surface area contributed by atoms with Gasteiger partial charge in [0.15, 0.2) is 11.4 Å². The van der Waals surface area contributed by atoms with Crippen LogP contribution in [-0.2, 0) is 0 Å². The molecule has 2 N–H and O–H groups in total. The van der Waals surface area contributed by atoms with Crippen LogP contribution < -0.4 is 5.73 Å². The second-order valence-electron chi connectivity index (χ2n) is 3.48. The molecule has 0 spiro atoms. The molecule has 3 heteroatoms. The fourth-order valence-corrected chi connectivity index (χ4v) is 1.33. The Labute approximate surface area is 76.5 Å². The third kappa shape index (κ3) is 1.26. The summed E-state index contributed by atoms with van der Waals surface area (Å²) in [5.41, 5.74) is 7.64. The van der Waals surface area contributed by atoms with Crippen molar-refractivity contribution in [3.05, 3.63) is 23.8 Å². The first-order valence-electron chi connectivity index (χ1n) is 4.33. The molecule has 1 aromatic heterocycles. The van der Waals surface area contributed by atoms with Gasteiger partial charge in [-0.1, -0.05) is 25.1 Å². The van der Waals surface area contributed by atoms with Crippen LogP contribution in [0.15, 0.2) is 22.7 Å². The van der Waals surface area contributed by atoms with E-state index >= 15 is 0 Å². The summed E-state index contributed by atoms with van der Waals surface area (Å²) in [4.78, 5) is 0. The highest BCUT2D eigenvalue weighted by molar-refractivity contribution is 5.87. The Morgan fingerprint density at radius 2 is 2.15 bits per heavy atom. The lowest BCUT2D eigenvalue weighted by Crippen LogP contribution is -1.88. The maximum atomic E-state index is 5.64. The second-order valence-corrected chi connectivity index (χ2v) is 3.48. The van der Waals surface area contributed by atoms with E-state index in [1.54, 1.807) is 0 Å². The minimum absolute atomic E-state index is 0.470. The summed E-state index contributed by atoms with van der Waals surface area (Å²) >= 11 is 0. The zero-order valence-electron chi connectivity index (χ0n) is 7.74. The first kappa shape index (κ1) is 8.10. The number of aromatic nitrogens is 1. The van der Waals surface area contributed by atoms with Crippen molar-refractivity contribution in [1.29, 1.82) is 0 Å². The zero-order valence-corrected chi connectivity index (χ0v) is 7.74. The van der Waals surface area contributed by atoms with Gasteiger partial charge < -0.3 is 10.3 Å². The highest BCUT2D eigenvalue weighted by Crippen LogP contribution is 2.24. The Morgan fingerprint density at radius 3 is 2.85 bits per heavy atom. The largest absolute Gasteiger partial charge is 0.380 e. The monoisotopic (exact) mass is 176 g/mol. The molecule has 0 bridgehead atoms. The third-order valence-electron chi connectivity index (χ3n) is 2.19. The van der Waals surface area contributed by atoms with E-state index in [2.05, 4.69) is 19.0 Å². The number of nitrogen functional groups attached to an aromatic ring is 1. The highest BCUT2D eigenvalue weighted by atomic mass is 16.5. The topological polar surface area (TPSA) is 52.0 Å². The summed E-state index contributed by atoms with van der Waals surface area (Å²) in [5.74, 6) is 0.969. The number of fused-ring (bicyclic) bond motifs is 1. The van der Waals surface area contributed by atoms with Crippen LogP contribution in [0, 0.1) is 0 Å².